The van der Waals surface area contributed by atoms with Gasteiger partial charge in [0, 0.05) is 6.04 Å². The SMILES string of the molecule is NC(c1ccccc1C1CCC1)C1C2CCCCC21. The molecule has 1 nitrogen and oxygen atoms in total. The van der Waals surface area contributed by atoms with Crippen molar-refractivity contribution < 1.29 is 0 Å². The highest BCUT2D eigenvalue weighted by molar-refractivity contribution is 5.35. The van der Waals surface area contributed by atoms with Gasteiger partial charge in [0.05, 0.1) is 0 Å². The van der Waals surface area contributed by atoms with Crippen LogP contribution in [0.25, 0.3) is 0 Å². The largest absolute Gasteiger partial charge is 0.324 e. The standard InChI is InChI=1S/C18H25N/c19-18(17-14-9-2-3-10-15(14)17)16-11-4-1-8-13(16)12-6-5-7-12/h1,4,8,11-12,14-15,17-18H,2-3,5-7,9-10,19H2. The number of nitrogens with two attached hydrogens (primary N) is 1. The molecule has 3 aliphatic carbocycles. The maximum Gasteiger partial charge on any atom is 0.0331 e. The van der Waals surface area contributed by atoms with Crippen LogP contribution in [0.5, 0.6) is 0 Å². The van der Waals surface area contributed by atoms with Gasteiger partial charge in [-0.05, 0) is 60.5 Å². The Morgan fingerprint density at radius 2 is 1.58 bits per heavy atom. The first-order valence-corrected chi connectivity index (χ1v) is 8.20. The molecule has 3 aliphatic rings. The van der Waals surface area contributed by atoms with Crippen LogP contribution >= 0.6 is 0 Å². The van der Waals surface area contributed by atoms with Gasteiger partial charge < -0.3 is 5.73 Å². The number of hydrogen-bond acceptors (Lipinski definition) is 1. The number of fused-ring (bicyclic) bond motifs is 1. The summed E-state index contributed by atoms with van der Waals surface area (Å²) in [7, 11) is 0. The van der Waals surface area contributed by atoms with Crippen molar-refractivity contribution in [2.24, 2.45) is 23.5 Å². The fraction of sp³-hybridized carbons (Fsp3) is 0.667. The van der Waals surface area contributed by atoms with Crippen molar-refractivity contribution >= 4 is 0 Å². The topological polar surface area (TPSA) is 26.0 Å². The van der Waals surface area contributed by atoms with E-state index in [1.807, 2.05) is 0 Å². The van der Waals surface area contributed by atoms with Gasteiger partial charge in [-0.25, -0.2) is 0 Å². The molecule has 102 valence electrons. The molecule has 0 spiro atoms. The Hall–Kier alpha value is -0.820. The van der Waals surface area contributed by atoms with E-state index in [0.29, 0.717) is 6.04 Å². The minimum absolute atomic E-state index is 0.310. The Balaban J connectivity index is 1.58. The van der Waals surface area contributed by atoms with E-state index in [9.17, 15) is 0 Å². The molecule has 1 heteroatoms. The lowest BCUT2D eigenvalue weighted by atomic mass is 9.76. The van der Waals surface area contributed by atoms with Crippen molar-refractivity contribution in [3.8, 4) is 0 Å². The van der Waals surface area contributed by atoms with Crippen molar-refractivity contribution in [3.05, 3.63) is 35.4 Å². The molecular formula is C18H25N. The Labute approximate surface area is 116 Å². The van der Waals surface area contributed by atoms with Crippen LogP contribution in [-0.4, -0.2) is 0 Å². The highest BCUT2D eigenvalue weighted by atomic mass is 14.7. The van der Waals surface area contributed by atoms with E-state index in [2.05, 4.69) is 24.3 Å². The third-order valence-corrected chi connectivity index (χ3v) is 6.04. The molecule has 0 aliphatic heterocycles. The molecule has 3 atom stereocenters. The second kappa shape index (κ2) is 4.63. The highest BCUT2D eigenvalue weighted by Gasteiger charge is 2.53. The van der Waals surface area contributed by atoms with Crippen LogP contribution in [0, 0.1) is 17.8 Å². The lowest BCUT2D eigenvalue weighted by molar-refractivity contribution is 0.412. The van der Waals surface area contributed by atoms with Gasteiger partial charge in [-0.1, -0.05) is 43.5 Å². The zero-order valence-corrected chi connectivity index (χ0v) is 11.7. The summed E-state index contributed by atoms with van der Waals surface area (Å²) in [6.07, 6.45) is 9.91. The van der Waals surface area contributed by atoms with Crippen LogP contribution in [0.1, 0.15) is 68.0 Å². The lowest BCUT2D eigenvalue weighted by Gasteiger charge is -2.29. The Morgan fingerprint density at radius 3 is 2.21 bits per heavy atom. The van der Waals surface area contributed by atoms with Crippen LogP contribution in [-0.2, 0) is 0 Å². The monoisotopic (exact) mass is 255 g/mol. The first-order valence-electron chi connectivity index (χ1n) is 8.20. The summed E-state index contributed by atoms with van der Waals surface area (Å²) in [5, 5.41) is 0. The molecule has 0 radical (unpaired) electrons. The molecule has 3 saturated carbocycles. The Kier molecular flexibility index (Phi) is 2.91. The Morgan fingerprint density at radius 1 is 0.895 bits per heavy atom. The van der Waals surface area contributed by atoms with Gasteiger partial charge in [-0.2, -0.15) is 0 Å². The molecule has 0 bridgehead atoms. The van der Waals surface area contributed by atoms with Gasteiger partial charge in [0.15, 0.2) is 0 Å². The van der Waals surface area contributed by atoms with E-state index in [-0.39, 0.29) is 0 Å². The number of benzene rings is 1. The molecule has 1 aromatic carbocycles. The normalized spacial score (nSPS) is 35.3. The predicted octanol–water partition coefficient (Wildman–Crippen LogP) is 4.39. The molecule has 3 fully saturated rings. The average molecular weight is 255 g/mol. The summed E-state index contributed by atoms with van der Waals surface area (Å²) in [4.78, 5) is 0. The third kappa shape index (κ3) is 1.94. The average Bonchev–Trinajstić information content (AvgIpc) is 3.11. The first-order chi connectivity index (χ1) is 9.36. The van der Waals surface area contributed by atoms with Gasteiger partial charge in [0.25, 0.3) is 0 Å². The second-order valence-corrected chi connectivity index (χ2v) is 6.97. The molecule has 2 N–H and O–H groups in total. The summed E-state index contributed by atoms with van der Waals surface area (Å²) in [6.45, 7) is 0. The van der Waals surface area contributed by atoms with Crippen molar-refractivity contribution in [2.45, 2.75) is 56.9 Å². The minimum Gasteiger partial charge on any atom is -0.324 e. The van der Waals surface area contributed by atoms with Crippen molar-refractivity contribution in [1.29, 1.82) is 0 Å². The number of hydrogen-bond donors (Lipinski definition) is 1. The summed E-state index contributed by atoms with van der Waals surface area (Å²) >= 11 is 0. The van der Waals surface area contributed by atoms with Gasteiger partial charge in [0.2, 0.25) is 0 Å². The molecule has 19 heavy (non-hydrogen) atoms. The number of rotatable bonds is 3. The molecule has 4 rings (SSSR count). The van der Waals surface area contributed by atoms with Gasteiger partial charge in [-0.15, -0.1) is 0 Å². The van der Waals surface area contributed by atoms with Crippen molar-refractivity contribution in [2.75, 3.05) is 0 Å². The van der Waals surface area contributed by atoms with Gasteiger partial charge in [0.1, 0.15) is 0 Å². The van der Waals surface area contributed by atoms with Crippen molar-refractivity contribution in [1.82, 2.24) is 0 Å². The maximum atomic E-state index is 6.68. The highest BCUT2D eigenvalue weighted by Crippen LogP contribution is 2.60. The summed E-state index contributed by atoms with van der Waals surface area (Å²) in [5.41, 5.74) is 9.73. The molecule has 0 aromatic heterocycles. The van der Waals surface area contributed by atoms with E-state index in [1.165, 1.54) is 50.5 Å². The predicted molar refractivity (Wildman–Crippen MR) is 78.9 cm³/mol. The van der Waals surface area contributed by atoms with E-state index in [4.69, 9.17) is 5.73 Å². The molecule has 3 unspecified atom stereocenters. The summed E-state index contributed by atoms with van der Waals surface area (Å²) in [6, 6.07) is 9.34. The maximum absolute atomic E-state index is 6.68. The van der Waals surface area contributed by atoms with Gasteiger partial charge >= 0.3 is 0 Å². The van der Waals surface area contributed by atoms with Crippen LogP contribution in [0.4, 0.5) is 0 Å². The van der Waals surface area contributed by atoms with Crippen LogP contribution < -0.4 is 5.73 Å². The third-order valence-electron chi connectivity index (χ3n) is 6.04. The fourth-order valence-corrected chi connectivity index (χ4v) is 4.69. The lowest BCUT2D eigenvalue weighted by Crippen LogP contribution is -2.19. The molecule has 0 heterocycles. The molecular weight excluding hydrogens is 230 g/mol. The fourth-order valence-electron chi connectivity index (χ4n) is 4.69. The second-order valence-electron chi connectivity index (χ2n) is 6.97. The van der Waals surface area contributed by atoms with Crippen molar-refractivity contribution in [3.63, 3.8) is 0 Å². The van der Waals surface area contributed by atoms with Crippen LogP contribution in [0.3, 0.4) is 0 Å². The van der Waals surface area contributed by atoms with E-state index < -0.39 is 0 Å². The summed E-state index contributed by atoms with van der Waals surface area (Å²) < 4.78 is 0. The summed E-state index contributed by atoms with van der Waals surface area (Å²) in [5.74, 6) is 3.52. The first kappa shape index (κ1) is 12.0. The molecule has 0 saturated heterocycles. The quantitative estimate of drug-likeness (QED) is 0.851. The zero-order chi connectivity index (χ0) is 12.8. The van der Waals surface area contributed by atoms with Crippen LogP contribution in [0.2, 0.25) is 0 Å². The zero-order valence-electron chi connectivity index (χ0n) is 11.7. The van der Waals surface area contributed by atoms with Gasteiger partial charge in [-0.3, -0.25) is 0 Å². The van der Waals surface area contributed by atoms with E-state index in [1.54, 1.807) is 5.56 Å². The smallest absolute Gasteiger partial charge is 0.0331 e. The minimum atomic E-state index is 0.310. The molecule has 0 amide bonds. The van der Waals surface area contributed by atoms with E-state index >= 15 is 0 Å². The Bertz CT molecular complexity index is 451. The van der Waals surface area contributed by atoms with E-state index in [0.717, 1.165) is 23.7 Å². The molecule has 1 aromatic rings. The van der Waals surface area contributed by atoms with Crippen LogP contribution in [0.15, 0.2) is 24.3 Å².